The van der Waals surface area contributed by atoms with Crippen LogP contribution in [0.1, 0.15) is 22.8 Å². The van der Waals surface area contributed by atoms with E-state index in [2.05, 4.69) is 0 Å². The van der Waals surface area contributed by atoms with Crippen LogP contribution in [0.4, 0.5) is 5.69 Å². The fourth-order valence-electron chi connectivity index (χ4n) is 3.49. The second kappa shape index (κ2) is 7.69. The normalized spacial score (nSPS) is 12.5. The van der Waals surface area contributed by atoms with Gasteiger partial charge >= 0.3 is 0 Å². The first-order chi connectivity index (χ1) is 13.6. The van der Waals surface area contributed by atoms with E-state index in [-0.39, 0.29) is 18.3 Å². The van der Waals surface area contributed by atoms with Crippen LogP contribution >= 0.6 is 0 Å². The summed E-state index contributed by atoms with van der Waals surface area (Å²) in [6.45, 7) is 2.22. The van der Waals surface area contributed by atoms with Crippen LogP contribution in [0, 0.1) is 0 Å². The summed E-state index contributed by atoms with van der Waals surface area (Å²) in [6, 6.07) is 23.3. The van der Waals surface area contributed by atoms with Gasteiger partial charge in [0.25, 0.3) is 0 Å². The van der Waals surface area contributed by atoms with Gasteiger partial charge in [-0.3, -0.25) is 9.59 Å². The van der Waals surface area contributed by atoms with Gasteiger partial charge in [-0.15, -0.1) is 0 Å². The summed E-state index contributed by atoms with van der Waals surface area (Å²) >= 11 is 0. The lowest BCUT2D eigenvalue weighted by Crippen LogP contribution is -2.25. The molecule has 4 nitrogen and oxygen atoms in total. The van der Waals surface area contributed by atoms with Crippen molar-refractivity contribution >= 4 is 17.4 Å². The Balaban J connectivity index is 1.42. The molecule has 4 rings (SSSR count). The molecule has 0 saturated carbocycles. The van der Waals surface area contributed by atoms with Crippen LogP contribution in [0.3, 0.4) is 0 Å². The van der Waals surface area contributed by atoms with Gasteiger partial charge in [0.05, 0.1) is 5.69 Å². The third-order valence-corrected chi connectivity index (χ3v) is 5.02. The van der Waals surface area contributed by atoms with Gasteiger partial charge in [-0.2, -0.15) is 0 Å². The predicted octanol–water partition coefficient (Wildman–Crippen LogP) is 4.52. The number of hydrogen-bond acceptors (Lipinski definition) is 3. The minimum Gasteiger partial charge on any atom is -0.485 e. The van der Waals surface area contributed by atoms with E-state index in [9.17, 15) is 9.59 Å². The van der Waals surface area contributed by atoms with Crippen LogP contribution in [-0.4, -0.2) is 24.8 Å². The van der Waals surface area contributed by atoms with Gasteiger partial charge in [0.1, 0.15) is 5.75 Å². The zero-order valence-electron chi connectivity index (χ0n) is 15.7. The number of Topliss-reactive ketones (excluding diaryl/α,β-unsaturated/α-hetero) is 1. The third-order valence-electron chi connectivity index (χ3n) is 5.02. The predicted molar refractivity (Wildman–Crippen MR) is 110 cm³/mol. The van der Waals surface area contributed by atoms with Crippen molar-refractivity contribution in [3.63, 3.8) is 0 Å². The molecule has 28 heavy (non-hydrogen) atoms. The molecule has 3 aromatic rings. The number of benzene rings is 3. The summed E-state index contributed by atoms with van der Waals surface area (Å²) in [5.41, 5.74) is 4.81. The van der Waals surface area contributed by atoms with Crippen molar-refractivity contribution in [3.8, 4) is 16.9 Å². The number of ketones is 1. The van der Waals surface area contributed by atoms with E-state index in [1.54, 1.807) is 11.8 Å². The average Bonchev–Trinajstić information content (AvgIpc) is 3.16. The molecule has 0 N–H and O–H groups in total. The molecular weight excluding hydrogens is 350 g/mol. The van der Waals surface area contributed by atoms with Gasteiger partial charge in [-0.1, -0.05) is 60.7 Å². The van der Waals surface area contributed by atoms with Crippen LogP contribution in [0.25, 0.3) is 11.1 Å². The minimum absolute atomic E-state index is 0.0190. The smallest absolute Gasteiger partial charge is 0.223 e. The highest BCUT2D eigenvalue weighted by Gasteiger charge is 2.22. The first-order valence-electron chi connectivity index (χ1n) is 9.34. The largest absolute Gasteiger partial charge is 0.485 e. The number of fused-ring (bicyclic) bond motifs is 1. The summed E-state index contributed by atoms with van der Waals surface area (Å²) in [5.74, 6) is 0.537. The highest BCUT2D eigenvalue weighted by molar-refractivity contribution is 5.97. The third kappa shape index (κ3) is 3.67. The molecule has 0 aliphatic carbocycles. The maximum absolute atomic E-state index is 12.5. The summed E-state index contributed by atoms with van der Waals surface area (Å²) in [7, 11) is 0. The van der Waals surface area contributed by atoms with Crippen LogP contribution in [0.15, 0.2) is 72.8 Å². The van der Waals surface area contributed by atoms with Gasteiger partial charge in [-0.05, 0) is 29.2 Å². The molecule has 0 saturated heterocycles. The summed E-state index contributed by atoms with van der Waals surface area (Å²) in [5, 5.41) is 0. The molecular formula is C24H21NO3. The van der Waals surface area contributed by atoms with Crippen molar-refractivity contribution in [2.45, 2.75) is 13.3 Å². The van der Waals surface area contributed by atoms with Crippen LogP contribution in [-0.2, 0) is 11.2 Å². The first-order valence-corrected chi connectivity index (χ1v) is 9.34. The van der Waals surface area contributed by atoms with Crippen molar-refractivity contribution in [1.82, 2.24) is 0 Å². The number of carbonyl (C=O) groups is 2. The summed E-state index contributed by atoms with van der Waals surface area (Å²) in [6.07, 6.45) is 0.849. The zero-order chi connectivity index (χ0) is 19.5. The molecule has 1 heterocycles. The Morgan fingerprint density at radius 1 is 0.929 bits per heavy atom. The number of amides is 1. The second-order valence-electron chi connectivity index (χ2n) is 6.87. The molecule has 4 heteroatoms. The van der Waals surface area contributed by atoms with Gasteiger partial charge in [0.15, 0.2) is 12.4 Å². The van der Waals surface area contributed by atoms with E-state index in [0.29, 0.717) is 17.9 Å². The number of carbonyl (C=O) groups excluding carboxylic acids is 2. The van der Waals surface area contributed by atoms with Gasteiger partial charge in [0, 0.05) is 25.1 Å². The molecule has 0 atom stereocenters. The highest BCUT2D eigenvalue weighted by Crippen LogP contribution is 2.32. The Labute approximate surface area is 164 Å². The molecule has 0 fully saturated rings. The van der Waals surface area contributed by atoms with Gasteiger partial charge < -0.3 is 9.64 Å². The summed E-state index contributed by atoms with van der Waals surface area (Å²) in [4.78, 5) is 26.0. The van der Waals surface area contributed by atoms with Crippen molar-refractivity contribution in [1.29, 1.82) is 0 Å². The Kier molecular flexibility index (Phi) is 4.94. The molecule has 140 valence electrons. The molecule has 0 unspecified atom stereocenters. The van der Waals surface area contributed by atoms with Crippen molar-refractivity contribution in [2.75, 3.05) is 18.1 Å². The van der Waals surface area contributed by atoms with Crippen LogP contribution < -0.4 is 9.64 Å². The number of hydrogen-bond donors (Lipinski definition) is 0. The summed E-state index contributed by atoms with van der Waals surface area (Å²) < 4.78 is 5.70. The molecule has 1 aliphatic rings. The van der Waals surface area contributed by atoms with Gasteiger partial charge in [-0.25, -0.2) is 0 Å². The Morgan fingerprint density at radius 2 is 1.64 bits per heavy atom. The first kappa shape index (κ1) is 18.0. The van der Waals surface area contributed by atoms with E-state index >= 15 is 0 Å². The van der Waals surface area contributed by atoms with E-state index in [0.717, 1.165) is 28.8 Å². The highest BCUT2D eigenvalue weighted by atomic mass is 16.5. The minimum atomic E-state index is -0.0801. The number of anilines is 1. The SMILES string of the molecule is CC(=O)N1CCc2ccc(OCC(=O)c3ccc(-c4ccccc4)cc3)cc21. The van der Waals surface area contributed by atoms with E-state index in [1.165, 1.54) is 0 Å². The molecule has 0 aromatic heterocycles. The molecule has 0 bridgehead atoms. The fraction of sp³-hybridized carbons (Fsp3) is 0.167. The van der Waals surface area contributed by atoms with E-state index < -0.39 is 0 Å². The molecule has 3 aromatic carbocycles. The molecule has 0 radical (unpaired) electrons. The lowest BCUT2D eigenvalue weighted by atomic mass is 10.0. The van der Waals surface area contributed by atoms with Gasteiger partial charge in [0.2, 0.25) is 5.91 Å². The van der Waals surface area contributed by atoms with Crippen molar-refractivity contribution in [2.24, 2.45) is 0 Å². The zero-order valence-corrected chi connectivity index (χ0v) is 15.7. The number of ether oxygens (including phenoxy) is 1. The maximum Gasteiger partial charge on any atom is 0.223 e. The fourth-order valence-corrected chi connectivity index (χ4v) is 3.49. The lowest BCUT2D eigenvalue weighted by molar-refractivity contribution is -0.116. The maximum atomic E-state index is 12.5. The molecule has 0 spiro atoms. The van der Waals surface area contributed by atoms with Crippen LogP contribution in [0.5, 0.6) is 5.75 Å². The molecule has 1 amide bonds. The number of nitrogens with zero attached hydrogens (tertiary/aromatic N) is 1. The van der Waals surface area contributed by atoms with Crippen molar-refractivity contribution in [3.05, 3.63) is 83.9 Å². The van der Waals surface area contributed by atoms with E-state index in [4.69, 9.17) is 4.74 Å². The quantitative estimate of drug-likeness (QED) is 0.619. The van der Waals surface area contributed by atoms with E-state index in [1.807, 2.05) is 72.8 Å². The Bertz CT molecular complexity index is 1010. The topological polar surface area (TPSA) is 46.6 Å². The molecule has 1 aliphatic heterocycles. The monoisotopic (exact) mass is 371 g/mol. The standard InChI is InChI=1S/C24H21NO3/c1-17(26)25-14-13-20-11-12-22(15-23(20)25)28-16-24(27)21-9-7-19(8-10-21)18-5-3-2-4-6-18/h2-12,15H,13-14,16H2,1H3. The van der Waals surface area contributed by atoms with Crippen LogP contribution in [0.2, 0.25) is 0 Å². The average molecular weight is 371 g/mol. The Morgan fingerprint density at radius 3 is 2.36 bits per heavy atom. The number of rotatable bonds is 5. The van der Waals surface area contributed by atoms with Crippen molar-refractivity contribution < 1.29 is 14.3 Å². The second-order valence-corrected chi connectivity index (χ2v) is 6.87. The Hall–Kier alpha value is -3.40. The lowest BCUT2D eigenvalue weighted by Gasteiger charge is -2.15.